The second-order valence-corrected chi connectivity index (χ2v) is 2.64. The number of anilines is 1. The smallest absolute Gasteiger partial charge is 0.183 e. The third-order valence-electron chi connectivity index (χ3n) is 1.84. The average molecular weight is 192 g/mol. The molecule has 0 unspecified atom stereocenters. The molecule has 1 aromatic heterocycles. The van der Waals surface area contributed by atoms with Crippen molar-refractivity contribution in [3.05, 3.63) is 18.1 Å². The molecule has 0 radical (unpaired) electrons. The van der Waals surface area contributed by atoms with Crippen LogP contribution in [0.5, 0.6) is 0 Å². The summed E-state index contributed by atoms with van der Waals surface area (Å²) < 4.78 is 0. The molecule has 5 heteroatoms. The van der Waals surface area contributed by atoms with E-state index < -0.39 is 0 Å². The molecular weight excluding hydrogens is 180 g/mol. The summed E-state index contributed by atoms with van der Waals surface area (Å²) in [5, 5.41) is 17.6. The molecule has 1 heterocycles. The minimum absolute atomic E-state index is 0.0370. The molecule has 1 N–H and O–H groups in total. The van der Waals surface area contributed by atoms with Gasteiger partial charge in [-0.25, -0.2) is 9.97 Å². The Kier molecular flexibility index (Phi) is 3.83. The van der Waals surface area contributed by atoms with Crippen molar-refractivity contribution in [2.45, 2.75) is 6.92 Å². The Morgan fingerprint density at radius 2 is 2.21 bits per heavy atom. The van der Waals surface area contributed by atoms with Gasteiger partial charge in [0.25, 0.3) is 0 Å². The Hall–Kier alpha value is -1.67. The van der Waals surface area contributed by atoms with E-state index in [1.807, 2.05) is 17.9 Å². The van der Waals surface area contributed by atoms with Gasteiger partial charge in [-0.2, -0.15) is 5.26 Å². The van der Waals surface area contributed by atoms with Crippen LogP contribution in [-0.4, -0.2) is 34.8 Å². The summed E-state index contributed by atoms with van der Waals surface area (Å²) in [7, 11) is 0. The predicted octanol–water partition coefficient (Wildman–Crippen LogP) is 0.167. The molecule has 0 aliphatic carbocycles. The first-order valence-electron chi connectivity index (χ1n) is 4.40. The molecule has 0 aliphatic rings. The highest BCUT2D eigenvalue weighted by atomic mass is 16.3. The summed E-state index contributed by atoms with van der Waals surface area (Å²) in [5.74, 6) is 0.534. The van der Waals surface area contributed by atoms with Crippen LogP contribution in [-0.2, 0) is 0 Å². The second kappa shape index (κ2) is 5.14. The molecule has 0 amide bonds. The van der Waals surface area contributed by atoms with E-state index in [0.717, 1.165) is 0 Å². The lowest BCUT2D eigenvalue weighted by molar-refractivity contribution is 0.302. The van der Waals surface area contributed by atoms with Gasteiger partial charge in [-0.1, -0.05) is 0 Å². The number of aromatic nitrogens is 2. The maximum Gasteiger partial charge on any atom is 0.183 e. The molecule has 74 valence electrons. The zero-order valence-electron chi connectivity index (χ0n) is 8.01. The summed E-state index contributed by atoms with van der Waals surface area (Å²) in [5.41, 5.74) is 0.294. The quantitative estimate of drug-likeness (QED) is 0.736. The van der Waals surface area contributed by atoms with Crippen LogP contribution in [0, 0.1) is 11.3 Å². The Morgan fingerprint density at radius 3 is 2.79 bits per heavy atom. The van der Waals surface area contributed by atoms with Crippen LogP contribution in [0.15, 0.2) is 12.4 Å². The van der Waals surface area contributed by atoms with Gasteiger partial charge in [0, 0.05) is 25.5 Å². The zero-order chi connectivity index (χ0) is 10.4. The van der Waals surface area contributed by atoms with Crippen molar-refractivity contribution in [1.82, 2.24) is 9.97 Å². The van der Waals surface area contributed by atoms with Crippen LogP contribution >= 0.6 is 0 Å². The number of likely N-dealkylation sites (N-methyl/N-ethyl adjacent to an activating group) is 1. The molecule has 0 atom stereocenters. The molecule has 0 fully saturated rings. The Bertz CT molecular complexity index is 334. The molecule has 0 saturated carbocycles. The third kappa shape index (κ3) is 2.18. The largest absolute Gasteiger partial charge is 0.395 e. The number of hydrogen-bond donors (Lipinski definition) is 1. The van der Waals surface area contributed by atoms with Crippen molar-refractivity contribution < 1.29 is 5.11 Å². The summed E-state index contributed by atoms with van der Waals surface area (Å²) in [6, 6.07) is 1.97. The molecule has 0 aliphatic heterocycles. The van der Waals surface area contributed by atoms with Crippen molar-refractivity contribution in [3.63, 3.8) is 0 Å². The van der Waals surface area contributed by atoms with E-state index in [2.05, 4.69) is 9.97 Å². The monoisotopic (exact) mass is 192 g/mol. The van der Waals surface area contributed by atoms with E-state index in [9.17, 15) is 0 Å². The fourth-order valence-electron chi connectivity index (χ4n) is 1.18. The highest BCUT2D eigenvalue weighted by Gasteiger charge is 2.10. The van der Waals surface area contributed by atoms with Gasteiger partial charge < -0.3 is 10.0 Å². The van der Waals surface area contributed by atoms with Crippen molar-refractivity contribution in [1.29, 1.82) is 5.26 Å². The number of nitrogens with zero attached hydrogens (tertiary/aromatic N) is 4. The van der Waals surface area contributed by atoms with Crippen molar-refractivity contribution in [2.75, 3.05) is 24.6 Å². The maximum atomic E-state index is 8.82. The van der Waals surface area contributed by atoms with Crippen molar-refractivity contribution in [3.8, 4) is 6.07 Å². The fourth-order valence-corrected chi connectivity index (χ4v) is 1.18. The second-order valence-electron chi connectivity index (χ2n) is 2.64. The molecule has 0 bridgehead atoms. The zero-order valence-corrected chi connectivity index (χ0v) is 8.01. The molecular formula is C9H12N4O. The first-order valence-corrected chi connectivity index (χ1v) is 4.40. The van der Waals surface area contributed by atoms with Crippen LogP contribution in [0.4, 0.5) is 5.82 Å². The van der Waals surface area contributed by atoms with E-state index in [1.54, 1.807) is 0 Å². The van der Waals surface area contributed by atoms with Gasteiger partial charge in [0.05, 0.1) is 6.61 Å². The molecule has 14 heavy (non-hydrogen) atoms. The molecule has 1 rings (SSSR count). The average Bonchev–Trinajstić information content (AvgIpc) is 2.26. The third-order valence-corrected chi connectivity index (χ3v) is 1.84. The number of aliphatic hydroxyl groups is 1. The van der Waals surface area contributed by atoms with Gasteiger partial charge in [-0.05, 0) is 6.92 Å². The van der Waals surface area contributed by atoms with Gasteiger partial charge >= 0.3 is 0 Å². The van der Waals surface area contributed by atoms with E-state index in [1.165, 1.54) is 12.4 Å². The Labute approximate surface area is 82.6 Å². The lowest BCUT2D eigenvalue weighted by atomic mass is 10.4. The van der Waals surface area contributed by atoms with Gasteiger partial charge in [-0.3, -0.25) is 0 Å². The van der Waals surface area contributed by atoms with E-state index in [-0.39, 0.29) is 6.61 Å². The highest BCUT2D eigenvalue weighted by molar-refractivity contribution is 5.49. The number of nitriles is 1. The van der Waals surface area contributed by atoms with Gasteiger partial charge in [0.15, 0.2) is 11.5 Å². The highest BCUT2D eigenvalue weighted by Crippen LogP contribution is 2.12. The normalized spacial score (nSPS) is 9.50. The first-order chi connectivity index (χ1) is 6.83. The van der Waals surface area contributed by atoms with Crippen LogP contribution in [0.1, 0.15) is 12.6 Å². The topological polar surface area (TPSA) is 73.0 Å². The van der Waals surface area contributed by atoms with E-state index >= 15 is 0 Å². The van der Waals surface area contributed by atoms with Crippen LogP contribution in [0.3, 0.4) is 0 Å². The minimum atomic E-state index is 0.0370. The summed E-state index contributed by atoms with van der Waals surface area (Å²) in [6.07, 6.45) is 3.02. The standard InChI is InChI=1S/C9H12N4O/c1-2-13(5-6-14)9-8(7-10)11-3-4-12-9/h3-4,14H,2,5-6H2,1H3. The minimum Gasteiger partial charge on any atom is -0.395 e. The molecule has 0 saturated heterocycles. The fraction of sp³-hybridized carbons (Fsp3) is 0.444. The first kappa shape index (κ1) is 10.4. The lowest BCUT2D eigenvalue weighted by Crippen LogP contribution is -2.28. The van der Waals surface area contributed by atoms with Crippen LogP contribution in [0.25, 0.3) is 0 Å². The van der Waals surface area contributed by atoms with Gasteiger partial charge in [-0.15, -0.1) is 0 Å². The van der Waals surface area contributed by atoms with Gasteiger partial charge in [0.1, 0.15) is 6.07 Å². The summed E-state index contributed by atoms with van der Waals surface area (Å²) in [4.78, 5) is 9.78. The number of rotatable bonds is 4. The predicted molar refractivity (Wildman–Crippen MR) is 51.7 cm³/mol. The van der Waals surface area contributed by atoms with E-state index in [0.29, 0.717) is 24.6 Å². The van der Waals surface area contributed by atoms with Crippen LogP contribution < -0.4 is 4.90 Å². The van der Waals surface area contributed by atoms with Crippen LogP contribution in [0.2, 0.25) is 0 Å². The Balaban J connectivity index is 2.97. The SMILES string of the molecule is CCN(CCO)c1nccnc1C#N. The maximum absolute atomic E-state index is 8.82. The number of aliphatic hydroxyl groups excluding tert-OH is 1. The summed E-state index contributed by atoms with van der Waals surface area (Å²) >= 11 is 0. The molecule has 0 spiro atoms. The number of hydrogen-bond acceptors (Lipinski definition) is 5. The van der Waals surface area contributed by atoms with Crippen molar-refractivity contribution >= 4 is 5.82 Å². The molecule has 1 aromatic rings. The van der Waals surface area contributed by atoms with E-state index in [4.69, 9.17) is 10.4 Å². The van der Waals surface area contributed by atoms with Crippen molar-refractivity contribution in [2.24, 2.45) is 0 Å². The van der Waals surface area contributed by atoms with Gasteiger partial charge in [0.2, 0.25) is 0 Å². The Morgan fingerprint density at radius 1 is 1.50 bits per heavy atom. The molecule has 0 aromatic carbocycles. The molecule has 5 nitrogen and oxygen atoms in total. The lowest BCUT2D eigenvalue weighted by Gasteiger charge is -2.20. The summed E-state index contributed by atoms with van der Waals surface area (Å²) in [6.45, 7) is 3.12.